The summed E-state index contributed by atoms with van der Waals surface area (Å²) >= 11 is 5.94. The number of fused-ring (bicyclic) bond motifs is 1. The second-order valence-electron chi connectivity index (χ2n) is 5.79. The number of carbonyl (C=O) groups is 1. The predicted octanol–water partition coefficient (Wildman–Crippen LogP) is 3.20. The Morgan fingerprint density at radius 2 is 1.60 bits per heavy atom. The Kier molecular flexibility index (Phi) is 6.01. The smallest absolute Gasteiger partial charge is 0.314 e. The molecule has 0 spiro atoms. The fourth-order valence-electron chi connectivity index (χ4n) is 2.64. The number of urea groups is 1. The highest BCUT2D eigenvalue weighted by molar-refractivity contribution is 6.30. The summed E-state index contributed by atoms with van der Waals surface area (Å²) in [6, 6.07) is 13.3. The Bertz CT molecular complexity index is 736. The van der Waals surface area contributed by atoms with Crippen molar-refractivity contribution in [1.82, 2.24) is 10.6 Å². The third-order valence-corrected chi connectivity index (χ3v) is 4.13. The van der Waals surface area contributed by atoms with E-state index >= 15 is 0 Å². The molecule has 0 aliphatic carbocycles. The summed E-state index contributed by atoms with van der Waals surface area (Å²) < 4.78 is 11.1. The van der Waals surface area contributed by atoms with E-state index in [1.807, 2.05) is 42.5 Å². The lowest BCUT2D eigenvalue weighted by molar-refractivity contribution is 0.171. The van der Waals surface area contributed by atoms with Crippen molar-refractivity contribution < 1.29 is 14.3 Å². The average Bonchev–Trinajstić information content (AvgIpc) is 2.62. The fourth-order valence-corrected chi connectivity index (χ4v) is 2.85. The van der Waals surface area contributed by atoms with Crippen LogP contribution in [-0.4, -0.2) is 32.3 Å². The van der Waals surface area contributed by atoms with Gasteiger partial charge in [-0.3, -0.25) is 0 Å². The van der Waals surface area contributed by atoms with Crippen LogP contribution in [0, 0.1) is 0 Å². The van der Waals surface area contributed by atoms with E-state index in [1.54, 1.807) is 0 Å². The topological polar surface area (TPSA) is 59.6 Å². The first-order valence-corrected chi connectivity index (χ1v) is 8.73. The Morgan fingerprint density at radius 1 is 0.920 bits per heavy atom. The van der Waals surface area contributed by atoms with Crippen molar-refractivity contribution in [1.29, 1.82) is 0 Å². The van der Waals surface area contributed by atoms with Gasteiger partial charge in [-0.15, -0.1) is 0 Å². The molecule has 3 rings (SSSR count). The van der Waals surface area contributed by atoms with E-state index in [0.717, 1.165) is 35.5 Å². The van der Waals surface area contributed by atoms with Gasteiger partial charge in [0.15, 0.2) is 11.5 Å². The molecule has 0 aromatic heterocycles. The summed E-state index contributed by atoms with van der Waals surface area (Å²) in [5.41, 5.74) is 2.20. The number of halogens is 1. The first kappa shape index (κ1) is 17.4. The first-order chi connectivity index (χ1) is 12.2. The molecule has 0 unspecified atom stereocenters. The van der Waals surface area contributed by atoms with Crippen LogP contribution in [0.3, 0.4) is 0 Å². The van der Waals surface area contributed by atoms with Crippen LogP contribution in [-0.2, 0) is 12.8 Å². The lowest BCUT2D eigenvalue weighted by Gasteiger charge is -2.18. The maximum absolute atomic E-state index is 11.8. The van der Waals surface area contributed by atoms with Crippen LogP contribution >= 0.6 is 11.6 Å². The van der Waals surface area contributed by atoms with Crippen LogP contribution < -0.4 is 20.1 Å². The van der Waals surface area contributed by atoms with Crippen molar-refractivity contribution in [2.24, 2.45) is 0 Å². The number of rotatable bonds is 6. The molecule has 132 valence electrons. The number of benzene rings is 2. The number of hydrogen-bond donors (Lipinski definition) is 2. The van der Waals surface area contributed by atoms with Crippen molar-refractivity contribution in [2.45, 2.75) is 12.8 Å². The van der Waals surface area contributed by atoms with E-state index < -0.39 is 0 Å². The van der Waals surface area contributed by atoms with Crippen molar-refractivity contribution in [3.05, 3.63) is 58.6 Å². The number of ether oxygens (including phenoxy) is 2. The van der Waals surface area contributed by atoms with Crippen molar-refractivity contribution in [3.63, 3.8) is 0 Å². The van der Waals surface area contributed by atoms with Gasteiger partial charge in [0.25, 0.3) is 0 Å². The van der Waals surface area contributed by atoms with Crippen molar-refractivity contribution >= 4 is 17.6 Å². The zero-order valence-corrected chi connectivity index (χ0v) is 14.6. The molecular weight excluding hydrogens is 340 g/mol. The van der Waals surface area contributed by atoms with Crippen LogP contribution in [0.1, 0.15) is 11.1 Å². The van der Waals surface area contributed by atoms with Gasteiger partial charge in [0.05, 0.1) is 0 Å². The maximum Gasteiger partial charge on any atom is 0.314 e. The molecule has 25 heavy (non-hydrogen) atoms. The Hall–Kier alpha value is -2.40. The highest BCUT2D eigenvalue weighted by Crippen LogP contribution is 2.30. The molecule has 0 fully saturated rings. The molecule has 0 saturated heterocycles. The molecular formula is C19H21ClN2O3. The zero-order chi connectivity index (χ0) is 17.5. The van der Waals surface area contributed by atoms with Crippen LogP contribution in [0.5, 0.6) is 11.5 Å². The predicted molar refractivity (Wildman–Crippen MR) is 97.7 cm³/mol. The van der Waals surface area contributed by atoms with Gasteiger partial charge < -0.3 is 20.1 Å². The second-order valence-corrected chi connectivity index (χ2v) is 6.23. The third kappa shape index (κ3) is 5.29. The largest absolute Gasteiger partial charge is 0.486 e. The minimum Gasteiger partial charge on any atom is -0.486 e. The molecule has 1 aliphatic heterocycles. The van der Waals surface area contributed by atoms with Crippen molar-refractivity contribution in [3.8, 4) is 11.5 Å². The molecule has 2 aromatic carbocycles. The van der Waals surface area contributed by atoms with Gasteiger partial charge in [-0.1, -0.05) is 29.8 Å². The SMILES string of the molecule is O=C(NCCc1cccc(Cl)c1)NCCc1ccc2c(c1)OCCO2. The summed E-state index contributed by atoms with van der Waals surface area (Å²) in [4.78, 5) is 11.8. The zero-order valence-electron chi connectivity index (χ0n) is 13.9. The molecule has 2 amide bonds. The third-order valence-electron chi connectivity index (χ3n) is 3.89. The second kappa shape index (κ2) is 8.62. The van der Waals surface area contributed by atoms with Crippen LogP contribution in [0.4, 0.5) is 4.79 Å². The Balaban J connectivity index is 1.36. The van der Waals surface area contributed by atoms with Gasteiger partial charge in [0, 0.05) is 18.1 Å². The summed E-state index contributed by atoms with van der Waals surface area (Å²) in [7, 11) is 0. The molecule has 1 heterocycles. The van der Waals surface area contributed by atoms with Gasteiger partial charge in [0.1, 0.15) is 13.2 Å². The molecule has 2 N–H and O–H groups in total. The van der Waals surface area contributed by atoms with E-state index in [0.29, 0.717) is 31.3 Å². The summed E-state index contributed by atoms with van der Waals surface area (Å²) in [6.45, 7) is 2.28. The maximum atomic E-state index is 11.8. The lowest BCUT2D eigenvalue weighted by atomic mass is 10.1. The summed E-state index contributed by atoms with van der Waals surface area (Å²) in [6.07, 6.45) is 1.48. The summed E-state index contributed by atoms with van der Waals surface area (Å²) in [5, 5.41) is 6.42. The quantitative estimate of drug-likeness (QED) is 0.831. The number of amides is 2. The minimum atomic E-state index is -0.167. The summed E-state index contributed by atoms with van der Waals surface area (Å²) in [5.74, 6) is 1.55. The molecule has 6 heteroatoms. The van der Waals surface area contributed by atoms with Crippen LogP contribution in [0.2, 0.25) is 5.02 Å². The van der Waals surface area contributed by atoms with Crippen LogP contribution in [0.15, 0.2) is 42.5 Å². The molecule has 1 aliphatic rings. The lowest BCUT2D eigenvalue weighted by Crippen LogP contribution is -2.37. The van der Waals surface area contributed by atoms with E-state index in [2.05, 4.69) is 10.6 Å². The molecule has 0 saturated carbocycles. The standard InChI is InChI=1S/C19H21ClN2O3/c20-16-3-1-2-14(12-16)6-8-21-19(23)22-9-7-15-4-5-17-18(13-15)25-11-10-24-17/h1-5,12-13H,6-11H2,(H2,21,22,23). The number of nitrogens with one attached hydrogen (secondary N) is 2. The van der Waals surface area contributed by atoms with Gasteiger partial charge >= 0.3 is 6.03 Å². The normalized spacial score (nSPS) is 12.5. The van der Waals surface area contributed by atoms with E-state index in [9.17, 15) is 4.79 Å². The molecule has 0 radical (unpaired) electrons. The van der Waals surface area contributed by atoms with E-state index in [1.165, 1.54) is 0 Å². The molecule has 0 atom stereocenters. The van der Waals surface area contributed by atoms with E-state index in [-0.39, 0.29) is 6.03 Å². The van der Waals surface area contributed by atoms with Gasteiger partial charge in [-0.05, 0) is 48.2 Å². The Morgan fingerprint density at radius 3 is 2.32 bits per heavy atom. The van der Waals surface area contributed by atoms with Crippen molar-refractivity contribution in [2.75, 3.05) is 26.3 Å². The monoisotopic (exact) mass is 360 g/mol. The van der Waals surface area contributed by atoms with Gasteiger partial charge in [-0.25, -0.2) is 4.79 Å². The fraction of sp³-hybridized carbons (Fsp3) is 0.316. The minimum absolute atomic E-state index is 0.167. The Labute approximate surface area is 152 Å². The molecule has 2 aromatic rings. The highest BCUT2D eigenvalue weighted by atomic mass is 35.5. The average molecular weight is 361 g/mol. The highest BCUT2D eigenvalue weighted by Gasteiger charge is 2.11. The van der Waals surface area contributed by atoms with E-state index in [4.69, 9.17) is 21.1 Å². The number of hydrogen-bond acceptors (Lipinski definition) is 3. The van der Waals surface area contributed by atoms with Crippen LogP contribution in [0.25, 0.3) is 0 Å². The number of carbonyl (C=O) groups excluding carboxylic acids is 1. The molecule has 0 bridgehead atoms. The van der Waals surface area contributed by atoms with Gasteiger partial charge in [-0.2, -0.15) is 0 Å². The molecule has 5 nitrogen and oxygen atoms in total. The first-order valence-electron chi connectivity index (χ1n) is 8.35. The van der Waals surface area contributed by atoms with Gasteiger partial charge in [0.2, 0.25) is 0 Å².